The number of hydrogen-bond acceptors (Lipinski definition) is 2. The van der Waals surface area contributed by atoms with Crippen molar-refractivity contribution >= 4 is 0 Å². The van der Waals surface area contributed by atoms with E-state index in [0.717, 1.165) is 17.9 Å². The molecule has 2 rings (SSSR count). The second-order valence-corrected chi connectivity index (χ2v) is 4.57. The number of nitrogens with zero attached hydrogens (tertiary/aromatic N) is 1. The van der Waals surface area contributed by atoms with Crippen LogP contribution < -0.4 is 5.73 Å². The van der Waals surface area contributed by atoms with E-state index in [-0.39, 0.29) is 6.04 Å². The van der Waals surface area contributed by atoms with Crippen molar-refractivity contribution in [3.05, 3.63) is 41.3 Å². The van der Waals surface area contributed by atoms with Crippen LogP contribution in [0.4, 0.5) is 0 Å². The van der Waals surface area contributed by atoms with Crippen LogP contribution in [-0.2, 0) is 0 Å². The van der Waals surface area contributed by atoms with Crippen molar-refractivity contribution in [2.75, 3.05) is 0 Å². The molecule has 1 unspecified atom stereocenters. The number of nitrogens with two attached hydrogens (primary N) is 1. The highest BCUT2D eigenvalue weighted by molar-refractivity contribution is 5.60. The van der Waals surface area contributed by atoms with Crippen LogP contribution in [0.15, 0.2) is 24.4 Å². The van der Waals surface area contributed by atoms with Crippen LogP contribution in [-0.4, -0.2) is 9.97 Å². The fraction of sp³-hybridized carbons (Fsp3) is 0.357. The van der Waals surface area contributed by atoms with Gasteiger partial charge in [-0.3, -0.25) is 0 Å². The Morgan fingerprint density at radius 2 is 1.88 bits per heavy atom. The molecular formula is C14H19N3. The van der Waals surface area contributed by atoms with Gasteiger partial charge in [0.05, 0.1) is 17.9 Å². The second-order valence-electron chi connectivity index (χ2n) is 4.57. The molecule has 1 atom stereocenters. The second kappa shape index (κ2) is 4.72. The lowest BCUT2D eigenvalue weighted by Gasteiger charge is -2.05. The Morgan fingerprint density at radius 1 is 1.24 bits per heavy atom. The number of H-pyrrole nitrogens is 1. The van der Waals surface area contributed by atoms with E-state index in [4.69, 9.17) is 5.73 Å². The highest BCUT2D eigenvalue weighted by Gasteiger charge is 2.09. The zero-order valence-electron chi connectivity index (χ0n) is 10.6. The summed E-state index contributed by atoms with van der Waals surface area (Å²) in [6.45, 7) is 6.26. The third-order valence-corrected chi connectivity index (χ3v) is 2.92. The molecule has 0 aliphatic rings. The normalized spacial score (nSPS) is 12.7. The van der Waals surface area contributed by atoms with Gasteiger partial charge in [-0.15, -0.1) is 0 Å². The van der Waals surface area contributed by atoms with Gasteiger partial charge in [0.25, 0.3) is 0 Å². The quantitative estimate of drug-likeness (QED) is 0.849. The SMILES string of the molecule is CCC(N)c1ncc(-c2cc(C)cc(C)c2)[nH]1. The van der Waals surface area contributed by atoms with Gasteiger partial charge in [-0.05, 0) is 32.4 Å². The summed E-state index contributed by atoms with van der Waals surface area (Å²) in [6.07, 6.45) is 2.75. The summed E-state index contributed by atoms with van der Waals surface area (Å²) in [6, 6.07) is 6.47. The van der Waals surface area contributed by atoms with E-state index in [1.807, 2.05) is 6.20 Å². The first-order valence-corrected chi connectivity index (χ1v) is 5.99. The third kappa shape index (κ3) is 2.56. The third-order valence-electron chi connectivity index (χ3n) is 2.92. The lowest BCUT2D eigenvalue weighted by Crippen LogP contribution is -2.10. The summed E-state index contributed by atoms with van der Waals surface area (Å²) in [5, 5.41) is 0. The molecule has 1 aromatic heterocycles. The van der Waals surface area contributed by atoms with Crippen LogP contribution in [0.2, 0.25) is 0 Å². The average molecular weight is 229 g/mol. The molecule has 0 radical (unpaired) electrons. The molecule has 0 bridgehead atoms. The van der Waals surface area contributed by atoms with Gasteiger partial charge in [0.15, 0.2) is 0 Å². The lowest BCUT2D eigenvalue weighted by molar-refractivity contribution is 0.658. The van der Waals surface area contributed by atoms with E-state index in [2.05, 4.69) is 48.9 Å². The zero-order valence-corrected chi connectivity index (χ0v) is 10.6. The Labute approximate surface area is 102 Å². The maximum absolute atomic E-state index is 5.95. The van der Waals surface area contributed by atoms with Crippen molar-refractivity contribution in [1.29, 1.82) is 0 Å². The predicted octanol–water partition coefficient (Wildman–Crippen LogP) is 3.10. The van der Waals surface area contributed by atoms with E-state index in [0.29, 0.717) is 0 Å². The van der Waals surface area contributed by atoms with E-state index < -0.39 is 0 Å². The number of rotatable bonds is 3. The Morgan fingerprint density at radius 3 is 2.47 bits per heavy atom. The Bertz CT molecular complexity index is 494. The van der Waals surface area contributed by atoms with Crippen molar-refractivity contribution in [2.45, 2.75) is 33.2 Å². The minimum Gasteiger partial charge on any atom is -0.341 e. The van der Waals surface area contributed by atoms with Gasteiger partial charge in [-0.2, -0.15) is 0 Å². The van der Waals surface area contributed by atoms with Crippen LogP contribution >= 0.6 is 0 Å². The summed E-state index contributed by atoms with van der Waals surface area (Å²) < 4.78 is 0. The van der Waals surface area contributed by atoms with Crippen LogP contribution in [0.1, 0.15) is 36.3 Å². The standard InChI is InChI=1S/C14H19N3/c1-4-12(15)14-16-8-13(17-14)11-6-9(2)5-10(3)7-11/h5-8,12H,4,15H2,1-3H3,(H,16,17). The molecule has 1 heterocycles. The van der Waals surface area contributed by atoms with Crippen molar-refractivity contribution in [1.82, 2.24) is 9.97 Å². The molecule has 3 N–H and O–H groups in total. The van der Waals surface area contributed by atoms with Crippen LogP contribution in [0.3, 0.4) is 0 Å². The van der Waals surface area contributed by atoms with Crippen molar-refractivity contribution in [3.8, 4) is 11.3 Å². The molecule has 0 amide bonds. The zero-order chi connectivity index (χ0) is 12.4. The molecule has 0 aliphatic heterocycles. The molecule has 3 heteroatoms. The molecule has 0 fully saturated rings. The number of benzene rings is 1. The minimum absolute atomic E-state index is 0.00495. The average Bonchev–Trinajstić information content (AvgIpc) is 2.76. The fourth-order valence-corrected chi connectivity index (χ4v) is 2.00. The number of hydrogen-bond donors (Lipinski definition) is 2. The molecule has 1 aromatic carbocycles. The van der Waals surface area contributed by atoms with Crippen LogP contribution in [0.25, 0.3) is 11.3 Å². The summed E-state index contributed by atoms with van der Waals surface area (Å²) in [5.74, 6) is 0.863. The van der Waals surface area contributed by atoms with Crippen LogP contribution in [0, 0.1) is 13.8 Å². The maximum atomic E-state index is 5.95. The number of nitrogens with one attached hydrogen (secondary N) is 1. The van der Waals surface area contributed by atoms with Gasteiger partial charge in [-0.25, -0.2) is 4.98 Å². The van der Waals surface area contributed by atoms with Crippen LogP contribution in [0.5, 0.6) is 0 Å². The Kier molecular flexibility index (Phi) is 3.29. The molecule has 3 nitrogen and oxygen atoms in total. The van der Waals surface area contributed by atoms with Gasteiger partial charge in [0.2, 0.25) is 0 Å². The molecule has 0 saturated heterocycles. The highest BCUT2D eigenvalue weighted by atomic mass is 15.0. The van der Waals surface area contributed by atoms with Gasteiger partial charge >= 0.3 is 0 Å². The lowest BCUT2D eigenvalue weighted by atomic mass is 10.1. The number of aromatic nitrogens is 2. The first kappa shape index (κ1) is 11.9. The fourth-order valence-electron chi connectivity index (χ4n) is 2.00. The number of imidazole rings is 1. The van der Waals surface area contributed by atoms with E-state index in [9.17, 15) is 0 Å². The number of aromatic amines is 1. The van der Waals surface area contributed by atoms with Crippen molar-refractivity contribution < 1.29 is 0 Å². The summed E-state index contributed by atoms with van der Waals surface area (Å²) in [7, 11) is 0. The van der Waals surface area contributed by atoms with E-state index in [1.165, 1.54) is 16.7 Å². The molecule has 0 saturated carbocycles. The van der Waals surface area contributed by atoms with Gasteiger partial charge in [-0.1, -0.05) is 24.1 Å². The largest absolute Gasteiger partial charge is 0.341 e. The monoisotopic (exact) mass is 229 g/mol. The summed E-state index contributed by atoms with van der Waals surface area (Å²) >= 11 is 0. The first-order chi connectivity index (χ1) is 8.10. The van der Waals surface area contributed by atoms with Crippen molar-refractivity contribution in [3.63, 3.8) is 0 Å². The van der Waals surface area contributed by atoms with Crippen molar-refractivity contribution in [2.24, 2.45) is 5.73 Å². The smallest absolute Gasteiger partial charge is 0.123 e. The summed E-state index contributed by atoms with van der Waals surface area (Å²) in [5.41, 5.74) is 10.7. The molecule has 2 aromatic rings. The Hall–Kier alpha value is -1.61. The van der Waals surface area contributed by atoms with E-state index >= 15 is 0 Å². The highest BCUT2D eigenvalue weighted by Crippen LogP contribution is 2.22. The van der Waals surface area contributed by atoms with Gasteiger partial charge in [0, 0.05) is 5.56 Å². The number of aryl methyl sites for hydroxylation is 2. The topological polar surface area (TPSA) is 54.7 Å². The molecule has 0 spiro atoms. The molecule has 0 aliphatic carbocycles. The molecular weight excluding hydrogens is 210 g/mol. The van der Waals surface area contributed by atoms with Gasteiger partial charge < -0.3 is 10.7 Å². The van der Waals surface area contributed by atoms with Gasteiger partial charge in [0.1, 0.15) is 5.82 Å². The Balaban J connectivity index is 2.36. The predicted molar refractivity (Wildman–Crippen MR) is 70.7 cm³/mol. The molecule has 17 heavy (non-hydrogen) atoms. The molecule has 90 valence electrons. The van der Waals surface area contributed by atoms with E-state index in [1.54, 1.807) is 0 Å². The summed E-state index contributed by atoms with van der Waals surface area (Å²) in [4.78, 5) is 7.64. The maximum Gasteiger partial charge on any atom is 0.123 e. The minimum atomic E-state index is -0.00495. The first-order valence-electron chi connectivity index (χ1n) is 5.99.